The lowest BCUT2D eigenvalue weighted by Crippen LogP contribution is -2.34. The first-order valence-electron chi connectivity index (χ1n) is 7.06. The van der Waals surface area contributed by atoms with Gasteiger partial charge in [0.25, 0.3) is 0 Å². The molecule has 2 unspecified atom stereocenters. The molecule has 2 aromatic rings. The van der Waals surface area contributed by atoms with Crippen LogP contribution in [0.25, 0.3) is 0 Å². The minimum Gasteiger partial charge on any atom is -0.316 e. The van der Waals surface area contributed by atoms with Gasteiger partial charge in [-0.05, 0) is 70.2 Å². The maximum atomic E-state index is 6.12. The first kappa shape index (κ1) is 15.4. The zero-order chi connectivity index (χ0) is 14.8. The van der Waals surface area contributed by atoms with E-state index in [9.17, 15) is 0 Å². The molecule has 1 aliphatic heterocycles. The Morgan fingerprint density at radius 2 is 1.67 bits per heavy atom. The third-order valence-electron chi connectivity index (χ3n) is 4.15. The lowest BCUT2D eigenvalue weighted by Gasteiger charge is -2.33. The fourth-order valence-electron chi connectivity index (χ4n) is 3.06. The van der Waals surface area contributed by atoms with E-state index in [1.807, 2.05) is 18.2 Å². The quantitative estimate of drug-likeness (QED) is 0.708. The standard InChI is InChI=1S/C17H16BrCl2N/c18-16-9-12(3-6-17(16)20)14-7-8-21-10-15(14)11-1-4-13(19)5-2-11/h1-6,9,14-15,21H,7-8,10H2. The summed E-state index contributed by atoms with van der Waals surface area (Å²) >= 11 is 15.7. The molecule has 1 fully saturated rings. The SMILES string of the molecule is Clc1ccc(C2CNCCC2c2ccc(Cl)c(Br)c2)cc1. The molecule has 0 amide bonds. The van der Waals surface area contributed by atoms with Gasteiger partial charge in [-0.2, -0.15) is 0 Å². The lowest BCUT2D eigenvalue weighted by molar-refractivity contribution is 0.404. The summed E-state index contributed by atoms with van der Waals surface area (Å²) in [6, 6.07) is 14.5. The maximum absolute atomic E-state index is 6.12. The zero-order valence-corrected chi connectivity index (χ0v) is 14.5. The van der Waals surface area contributed by atoms with Crippen LogP contribution >= 0.6 is 39.1 Å². The van der Waals surface area contributed by atoms with Crippen LogP contribution in [-0.2, 0) is 0 Å². The molecule has 0 radical (unpaired) electrons. The number of piperidine rings is 1. The van der Waals surface area contributed by atoms with Crippen LogP contribution in [0.15, 0.2) is 46.9 Å². The number of benzene rings is 2. The Morgan fingerprint density at radius 3 is 2.38 bits per heavy atom. The Hall–Kier alpha value is -0.540. The zero-order valence-electron chi connectivity index (χ0n) is 11.5. The molecule has 0 bridgehead atoms. The Kier molecular flexibility index (Phi) is 4.90. The topological polar surface area (TPSA) is 12.0 Å². The van der Waals surface area contributed by atoms with Crippen LogP contribution in [0.2, 0.25) is 10.0 Å². The van der Waals surface area contributed by atoms with Gasteiger partial charge in [0.2, 0.25) is 0 Å². The molecule has 1 N–H and O–H groups in total. The summed E-state index contributed by atoms with van der Waals surface area (Å²) in [6.07, 6.45) is 1.13. The summed E-state index contributed by atoms with van der Waals surface area (Å²) < 4.78 is 0.968. The average Bonchev–Trinajstić information content (AvgIpc) is 2.51. The van der Waals surface area contributed by atoms with E-state index in [1.54, 1.807) is 0 Å². The lowest BCUT2D eigenvalue weighted by atomic mass is 9.77. The van der Waals surface area contributed by atoms with Gasteiger partial charge in [0.05, 0.1) is 5.02 Å². The van der Waals surface area contributed by atoms with Crippen molar-refractivity contribution >= 4 is 39.1 Å². The van der Waals surface area contributed by atoms with E-state index in [2.05, 4.69) is 45.5 Å². The summed E-state index contributed by atoms with van der Waals surface area (Å²) in [5.41, 5.74) is 2.68. The number of halogens is 3. The number of rotatable bonds is 2. The normalized spacial score (nSPS) is 22.2. The highest BCUT2D eigenvalue weighted by molar-refractivity contribution is 9.10. The molecule has 4 heteroatoms. The summed E-state index contributed by atoms with van der Waals surface area (Å²) in [4.78, 5) is 0. The van der Waals surface area contributed by atoms with E-state index >= 15 is 0 Å². The molecule has 1 aliphatic rings. The van der Waals surface area contributed by atoms with Crippen LogP contribution in [0.3, 0.4) is 0 Å². The Labute approximate surface area is 143 Å². The van der Waals surface area contributed by atoms with Gasteiger partial charge in [-0.1, -0.05) is 41.4 Å². The second-order valence-corrected chi connectivity index (χ2v) is 7.13. The van der Waals surface area contributed by atoms with Crippen molar-refractivity contribution in [3.63, 3.8) is 0 Å². The van der Waals surface area contributed by atoms with Crippen LogP contribution in [0.5, 0.6) is 0 Å². The highest BCUT2D eigenvalue weighted by Gasteiger charge is 2.27. The molecule has 1 nitrogen and oxygen atoms in total. The molecular formula is C17H16BrCl2N. The first-order chi connectivity index (χ1) is 10.1. The predicted molar refractivity (Wildman–Crippen MR) is 93.6 cm³/mol. The number of nitrogens with one attached hydrogen (secondary N) is 1. The van der Waals surface area contributed by atoms with Crippen molar-refractivity contribution in [1.29, 1.82) is 0 Å². The van der Waals surface area contributed by atoms with E-state index in [1.165, 1.54) is 11.1 Å². The molecule has 2 atom stereocenters. The first-order valence-corrected chi connectivity index (χ1v) is 8.61. The maximum Gasteiger partial charge on any atom is 0.0548 e. The van der Waals surface area contributed by atoms with E-state index in [0.29, 0.717) is 11.8 Å². The van der Waals surface area contributed by atoms with Gasteiger partial charge in [0.1, 0.15) is 0 Å². The fraction of sp³-hybridized carbons (Fsp3) is 0.294. The van der Waals surface area contributed by atoms with E-state index in [4.69, 9.17) is 23.2 Å². The highest BCUT2D eigenvalue weighted by Crippen LogP contribution is 2.39. The molecule has 2 aromatic carbocycles. The Bertz CT molecular complexity index is 627. The summed E-state index contributed by atoms with van der Waals surface area (Å²) in [5.74, 6) is 0.963. The van der Waals surface area contributed by atoms with Crippen molar-refractivity contribution in [2.24, 2.45) is 0 Å². The summed E-state index contributed by atoms with van der Waals surface area (Å²) in [5, 5.41) is 5.05. The van der Waals surface area contributed by atoms with E-state index in [-0.39, 0.29) is 0 Å². The summed E-state index contributed by atoms with van der Waals surface area (Å²) in [6.45, 7) is 2.04. The van der Waals surface area contributed by atoms with Gasteiger partial charge in [-0.15, -0.1) is 0 Å². The molecule has 0 aromatic heterocycles. The van der Waals surface area contributed by atoms with Gasteiger partial charge < -0.3 is 5.32 Å². The Balaban J connectivity index is 1.94. The smallest absolute Gasteiger partial charge is 0.0548 e. The molecular weight excluding hydrogens is 369 g/mol. The fourth-order valence-corrected chi connectivity index (χ4v) is 3.70. The van der Waals surface area contributed by atoms with Gasteiger partial charge in [-0.3, -0.25) is 0 Å². The van der Waals surface area contributed by atoms with Gasteiger partial charge in [-0.25, -0.2) is 0 Å². The minimum absolute atomic E-state index is 0.462. The van der Waals surface area contributed by atoms with Gasteiger partial charge in [0, 0.05) is 22.0 Å². The molecule has 1 saturated heterocycles. The van der Waals surface area contributed by atoms with Crippen molar-refractivity contribution in [1.82, 2.24) is 5.32 Å². The van der Waals surface area contributed by atoms with Crippen molar-refractivity contribution in [3.8, 4) is 0 Å². The van der Waals surface area contributed by atoms with Crippen LogP contribution in [-0.4, -0.2) is 13.1 Å². The molecule has 110 valence electrons. The van der Waals surface area contributed by atoms with Gasteiger partial charge >= 0.3 is 0 Å². The van der Waals surface area contributed by atoms with Crippen LogP contribution in [0.4, 0.5) is 0 Å². The van der Waals surface area contributed by atoms with E-state index < -0.39 is 0 Å². The molecule has 0 spiro atoms. The highest BCUT2D eigenvalue weighted by atomic mass is 79.9. The molecule has 3 rings (SSSR count). The van der Waals surface area contributed by atoms with Crippen molar-refractivity contribution in [2.45, 2.75) is 18.3 Å². The monoisotopic (exact) mass is 383 g/mol. The third-order valence-corrected chi connectivity index (χ3v) is 5.62. The second kappa shape index (κ2) is 6.70. The predicted octanol–water partition coefficient (Wildman–Crippen LogP) is 5.62. The molecule has 21 heavy (non-hydrogen) atoms. The van der Waals surface area contributed by atoms with Crippen molar-refractivity contribution < 1.29 is 0 Å². The second-order valence-electron chi connectivity index (χ2n) is 5.43. The summed E-state index contributed by atoms with van der Waals surface area (Å²) in [7, 11) is 0. The minimum atomic E-state index is 0.462. The average molecular weight is 385 g/mol. The van der Waals surface area contributed by atoms with Crippen molar-refractivity contribution in [3.05, 3.63) is 68.1 Å². The molecule has 0 aliphatic carbocycles. The van der Waals surface area contributed by atoms with Crippen LogP contribution in [0.1, 0.15) is 29.4 Å². The largest absolute Gasteiger partial charge is 0.316 e. The van der Waals surface area contributed by atoms with Crippen molar-refractivity contribution in [2.75, 3.05) is 13.1 Å². The molecule has 0 saturated carbocycles. The van der Waals surface area contributed by atoms with Crippen LogP contribution < -0.4 is 5.32 Å². The third kappa shape index (κ3) is 3.45. The number of hydrogen-bond donors (Lipinski definition) is 1. The number of hydrogen-bond acceptors (Lipinski definition) is 1. The van der Waals surface area contributed by atoms with E-state index in [0.717, 1.165) is 34.0 Å². The van der Waals surface area contributed by atoms with Crippen LogP contribution in [0, 0.1) is 0 Å². The van der Waals surface area contributed by atoms with Gasteiger partial charge in [0.15, 0.2) is 0 Å². The Morgan fingerprint density at radius 1 is 0.952 bits per heavy atom. The molecule has 1 heterocycles.